The molecule has 27 heavy (non-hydrogen) atoms. The fourth-order valence-corrected chi connectivity index (χ4v) is 3.73. The van der Waals surface area contributed by atoms with Crippen LogP contribution in [0.5, 0.6) is 0 Å². The fraction of sp³-hybridized carbons (Fsp3) is 0.421. The van der Waals surface area contributed by atoms with Crippen LogP contribution in [0.15, 0.2) is 35.2 Å². The van der Waals surface area contributed by atoms with Crippen molar-refractivity contribution in [2.24, 2.45) is 0 Å². The number of imide groups is 1. The standard InChI is InChI=1S/C19H23N3O4S/c23-17(20-7-4-8-21-9-11-26-12-10-21)14-22-18(24)16(27-19(22)25)13-15-5-2-1-3-6-15/h1-3,5-6,13H,4,7-12,14H2,(H,20,23)/b16-13+. The largest absolute Gasteiger partial charge is 0.379 e. The van der Waals surface area contributed by atoms with Crippen LogP contribution in [-0.2, 0) is 14.3 Å². The van der Waals surface area contributed by atoms with Gasteiger partial charge in [-0.3, -0.25) is 24.2 Å². The summed E-state index contributed by atoms with van der Waals surface area (Å²) in [6, 6.07) is 9.32. The summed E-state index contributed by atoms with van der Waals surface area (Å²) in [6.45, 7) is 4.51. The number of carbonyl (C=O) groups excluding carboxylic acids is 3. The number of morpholine rings is 1. The lowest BCUT2D eigenvalue weighted by atomic mass is 10.2. The molecule has 144 valence electrons. The van der Waals surface area contributed by atoms with Crippen molar-refractivity contribution in [3.8, 4) is 0 Å². The van der Waals surface area contributed by atoms with E-state index in [0.29, 0.717) is 11.4 Å². The third-order valence-electron chi connectivity index (χ3n) is 4.35. The third kappa shape index (κ3) is 5.66. The number of hydrogen-bond donors (Lipinski definition) is 1. The Hall–Kier alpha value is -2.16. The predicted molar refractivity (Wildman–Crippen MR) is 104 cm³/mol. The summed E-state index contributed by atoms with van der Waals surface area (Å²) in [5.74, 6) is -0.738. The van der Waals surface area contributed by atoms with Gasteiger partial charge in [-0.05, 0) is 36.4 Å². The van der Waals surface area contributed by atoms with Crippen molar-refractivity contribution in [1.29, 1.82) is 0 Å². The highest BCUT2D eigenvalue weighted by Crippen LogP contribution is 2.31. The minimum atomic E-state index is -0.419. The number of rotatable bonds is 7. The molecule has 0 atom stereocenters. The monoisotopic (exact) mass is 389 g/mol. The molecule has 0 bridgehead atoms. The Bertz CT molecular complexity index is 717. The first-order valence-electron chi connectivity index (χ1n) is 9.01. The van der Waals surface area contributed by atoms with Gasteiger partial charge < -0.3 is 10.1 Å². The molecule has 1 aromatic rings. The van der Waals surface area contributed by atoms with Crippen LogP contribution < -0.4 is 5.32 Å². The molecule has 2 fully saturated rings. The van der Waals surface area contributed by atoms with Gasteiger partial charge >= 0.3 is 0 Å². The topological polar surface area (TPSA) is 79.0 Å². The molecule has 0 aliphatic carbocycles. The second kappa shape index (κ2) is 9.68. The molecule has 0 aromatic heterocycles. The molecule has 0 spiro atoms. The first-order chi connectivity index (χ1) is 13.1. The van der Waals surface area contributed by atoms with Crippen LogP contribution >= 0.6 is 11.8 Å². The average molecular weight is 389 g/mol. The molecule has 2 heterocycles. The Kier molecular flexibility index (Phi) is 7.03. The second-order valence-corrected chi connectivity index (χ2v) is 7.33. The van der Waals surface area contributed by atoms with E-state index in [1.807, 2.05) is 30.3 Å². The Morgan fingerprint density at radius 3 is 2.67 bits per heavy atom. The summed E-state index contributed by atoms with van der Waals surface area (Å²) >= 11 is 0.866. The summed E-state index contributed by atoms with van der Waals surface area (Å²) < 4.78 is 5.30. The predicted octanol–water partition coefficient (Wildman–Crippen LogP) is 1.56. The van der Waals surface area contributed by atoms with Crippen LogP contribution in [0.4, 0.5) is 4.79 Å². The highest BCUT2D eigenvalue weighted by Gasteiger charge is 2.36. The van der Waals surface area contributed by atoms with Gasteiger partial charge in [-0.2, -0.15) is 0 Å². The van der Waals surface area contributed by atoms with Gasteiger partial charge in [0.05, 0.1) is 18.1 Å². The second-order valence-electron chi connectivity index (χ2n) is 6.34. The van der Waals surface area contributed by atoms with Gasteiger partial charge in [0, 0.05) is 19.6 Å². The molecule has 0 saturated carbocycles. The number of hydrogen-bond acceptors (Lipinski definition) is 6. The van der Waals surface area contributed by atoms with Crippen LogP contribution in [-0.4, -0.2) is 72.8 Å². The molecular weight excluding hydrogens is 366 g/mol. The smallest absolute Gasteiger partial charge is 0.294 e. The lowest BCUT2D eigenvalue weighted by Crippen LogP contribution is -2.41. The summed E-state index contributed by atoms with van der Waals surface area (Å²) in [7, 11) is 0. The number of amides is 3. The van der Waals surface area contributed by atoms with E-state index in [1.54, 1.807) is 6.08 Å². The zero-order valence-electron chi connectivity index (χ0n) is 15.1. The molecule has 0 unspecified atom stereocenters. The van der Waals surface area contributed by atoms with Crippen molar-refractivity contribution >= 4 is 34.9 Å². The molecule has 1 aromatic carbocycles. The number of thioether (sulfide) groups is 1. The van der Waals surface area contributed by atoms with Gasteiger partial charge in [-0.15, -0.1) is 0 Å². The Balaban J connectivity index is 1.44. The Morgan fingerprint density at radius 1 is 1.19 bits per heavy atom. The Labute approximate surface area is 162 Å². The van der Waals surface area contributed by atoms with Gasteiger partial charge in [0.25, 0.3) is 11.1 Å². The van der Waals surface area contributed by atoms with Crippen LogP contribution in [0.2, 0.25) is 0 Å². The Morgan fingerprint density at radius 2 is 1.93 bits per heavy atom. The molecule has 2 aliphatic heterocycles. The summed E-state index contributed by atoms with van der Waals surface area (Å²) in [4.78, 5) is 40.2. The van der Waals surface area contributed by atoms with Crippen molar-refractivity contribution in [2.75, 3.05) is 45.9 Å². The quantitative estimate of drug-likeness (QED) is 0.563. The van der Waals surface area contributed by atoms with Gasteiger partial charge in [0.2, 0.25) is 5.91 Å². The van der Waals surface area contributed by atoms with Gasteiger partial charge in [0.15, 0.2) is 0 Å². The van der Waals surface area contributed by atoms with Gasteiger partial charge in [0.1, 0.15) is 6.54 Å². The van der Waals surface area contributed by atoms with Crippen molar-refractivity contribution in [3.05, 3.63) is 40.8 Å². The van der Waals surface area contributed by atoms with Crippen molar-refractivity contribution < 1.29 is 19.1 Å². The SMILES string of the molecule is O=C(CN1C(=O)S/C(=C/c2ccccc2)C1=O)NCCCN1CCOCC1. The normalized spacial score (nSPS) is 19.7. The highest BCUT2D eigenvalue weighted by molar-refractivity contribution is 8.18. The van der Waals surface area contributed by atoms with Crippen molar-refractivity contribution in [2.45, 2.75) is 6.42 Å². The van der Waals surface area contributed by atoms with Crippen molar-refractivity contribution in [1.82, 2.24) is 15.1 Å². The van der Waals surface area contributed by atoms with E-state index < -0.39 is 11.1 Å². The maximum absolute atomic E-state index is 12.4. The average Bonchev–Trinajstić information content (AvgIpc) is 2.94. The maximum atomic E-state index is 12.4. The van der Waals surface area contributed by atoms with E-state index in [1.165, 1.54) is 0 Å². The molecule has 1 N–H and O–H groups in total. The van der Waals surface area contributed by atoms with Crippen LogP contribution in [0.3, 0.4) is 0 Å². The summed E-state index contributed by atoms with van der Waals surface area (Å²) in [6.07, 6.45) is 2.49. The van der Waals surface area contributed by atoms with E-state index >= 15 is 0 Å². The van der Waals surface area contributed by atoms with Gasteiger partial charge in [-0.25, -0.2) is 0 Å². The minimum Gasteiger partial charge on any atom is -0.379 e. The molecule has 2 saturated heterocycles. The highest BCUT2D eigenvalue weighted by atomic mass is 32.2. The molecular formula is C19H23N3O4S. The molecule has 3 rings (SSSR count). The lowest BCUT2D eigenvalue weighted by Gasteiger charge is -2.26. The van der Waals surface area contributed by atoms with E-state index in [4.69, 9.17) is 4.74 Å². The fourth-order valence-electron chi connectivity index (χ4n) is 2.89. The number of nitrogens with zero attached hydrogens (tertiary/aromatic N) is 2. The van der Waals surface area contributed by atoms with E-state index in [9.17, 15) is 14.4 Å². The number of ether oxygens (including phenoxy) is 1. The number of carbonyl (C=O) groups is 3. The van der Waals surface area contributed by atoms with E-state index in [2.05, 4.69) is 10.2 Å². The molecule has 0 radical (unpaired) electrons. The zero-order chi connectivity index (χ0) is 19.1. The minimum absolute atomic E-state index is 0.242. The summed E-state index contributed by atoms with van der Waals surface area (Å²) in [5.41, 5.74) is 0.843. The zero-order valence-corrected chi connectivity index (χ0v) is 15.9. The molecule has 8 heteroatoms. The van der Waals surface area contributed by atoms with Gasteiger partial charge in [-0.1, -0.05) is 30.3 Å². The van der Waals surface area contributed by atoms with E-state index in [0.717, 1.165) is 61.5 Å². The summed E-state index contributed by atoms with van der Waals surface area (Å²) in [5, 5.41) is 2.37. The van der Waals surface area contributed by atoms with Crippen molar-refractivity contribution in [3.63, 3.8) is 0 Å². The third-order valence-corrected chi connectivity index (χ3v) is 5.26. The lowest BCUT2D eigenvalue weighted by molar-refractivity contribution is -0.129. The molecule has 3 amide bonds. The number of benzene rings is 1. The van der Waals surface area contributed by atoms with E-state index in [-0.39, 0.29) is 12.5 Å². The van der Waals surface area contributed by atoms with Crippen LogP contribution in [0.25, 0.3) is 6.08 Å². The molecule has 7 nitrogen and oxygen atoms in total. The van der Waals surface area contributed by atoms with Crippen LogP contribution in [0, 0.1) is 0 Å². The number of nitrogens with one attached hydrogen (secondary N) is 1. The first-order valence-corrected chi connectivity index (χ1v) is 9.82. The molecule has 2 aliphatic rings. The van der Waals surface area contributed by atoms with Crippen LogP contribution in [0.1, 0.15) is 12.0 Å². The first kappa shape index (κ1) is 19.6. The maximum Gasteiger partial charge on any atom is 0.294 e.